The molecular weight excluding hydrogens is 406 g/mol. The number of carbonyl (C=O) groups excluding carboxylic acids is 3. The van der Waals surface area contributed by atoms with Crippen LogP contribution in [-0.2, 0) is 27.2 Å². The molecule has 3 amide bonds. The molecule has 0 radical (unpaired) electrons. The number of unbranched alkanes of at least 4 members (excludes halogenated alkanes) is 3. The third kappa shape index (κ3) is 10.2. The first-order valence-electron chi connectivity index (χ1n) is 11.2. The molecule has 0 unspecified atom stereocenters. The summed E-state index contributed by atoms with van der Waals surface area (Å²) in [5.41, 5.74) is 3.74. The van der Waals surface area contributed by atoms with Crippen molar-refractivity contribution >= 4 is 17.7 Å². The molecule has 4 N–H and O–H groups in total. The maximum Gasteiger partial charge on any atom is 0.243 e. The molecule has 0 fully saturated rings. The van der Waals surface area contributed by atoms with E-state index >= 15 is 0 Å². The minimum atomic E-state index is -0.631. The fourth-order valence-electron chi connectivity index (χ4n) is 3.40. The van der Waals surface area contributed by atoms with E-state index in [4.69, 9.17) is 5.21 Å². The summed E-state index contributed by atoms with van der Waals surface area (Å²) in [4.78, 5) is 36.2. The van der Waals surface area contributed by atoms with Gasteiger partial charge < -0.3 is 10.6 Å². The Bertz CT molecular complexity index is 828. The highest BCUT2D eigenvalue weighted by atomic mass is 16.5. The van der Waals surface area contributed by atoms with Gasteiger partial charge in [-0.3, -0.25) is 19.6 Å². The minimum absolute atomic E-state index is 0.155. The normalized spacial score (nSPS) is 11.4. The summed E-state index contributed by atoms with van der Waals surface area (Å²) in [6.45, 7) is 0.505. The second-order valence-corrected chi connectivity index (χ2v) is 7.79. The lowest BCUT2D eigenvalue weighted by Gasteiger charge is -2.19. The van der Waals surface area contributed by atoms with Crippen molar-refractivity contribution in [3.05, 3.63) is 71.8 Å². The molecule has 0 saturated carbocycles. The molecule has 0 spiro atoms. The molecule has 172 valence electrons. The molecule has 2 aromatic carbocycles. The third-order valence-corrected chi connectivity index (χ3v) is 5.17. The van der Waals surface area contributed by atoms with Gasteiger partial charge in [0.05, 0.1) is 0 Å². The number of carbonyl (C=O) groups is 3. The van der Waals surface area contributed by atoms with Crippen molar-refractivity contribution in [3.8, 4) is 0 Å². The Balaban J connectivity index is 1.79. The summed E-state index contributed by atoms with van der Waals surface area (Å²) in [6.07, 6.45) is 4.70. The number of benzene rings is 2. The lowest BCUT2D eigenvalue weighted by atomic mass is 10.0. The standard InChI is InChI=1S/C25H33N3O4/c29-23(15-9-1-2-10-16-24(30)28-32)27-22(19-21-13-7-4-8-14-21)25(31)26-18-17-20-11-5-3-6-12-20/h3-8,11-14,22,32H,1-2,9-10,15-19H2,(H,26,31)(H,27,29)(H,28,30)/t22-/m1/s1. The number of nitrogens with one attached hydrogen (secondary N) is 3. The molecular formula is C25H33N3O4. The zero-order chi connectivity index (χ0) is 23.0. The topological polar surface area (TPSA) is 108 Å². The monoisotopic (exact) mass is 439 g/mol. The third-order valence-electron chi connectivity index (χ3n) is 5.17. The van der Waals surface area contributed by atoms with Crippen LogP contribution in [0.2, 0.25) is 0 Å². The van der Waals surface area contributed by atoms with Gasteiger partial charge in [0.15, 0.2) is 0 Å². The molecule has 0 saturated heterocycles. The van der Waals surface area contributed by atoms with Gasteiger partial charge in [0.1, 0.15) is 6.04 Å². The molecule has 7 heteroatoms. The maximum atomic E-state index is 12.8. The average molecular weight is 440 g/mol. The highest BCUT2D eigenvalue weighted by molar-refractivity contribution is 5.87. The van der Waals surface area contributed by atoms with Crippen molar-refractivity contribution in [1.29, 1.82) is 0 Å². The summed E-state index contributed by atoms with van der Waals surface area (Å²) in [5.74, 6) is -0.741. The van der Waals surface area contributed by atoms with Crippen molar-refractivity contribution in [2.45, 2.75) is 57.4 Å². The van der Waals surface area contributed by atoms with Gasteiger partial charge >= 0.3 is 0 Å². The Morgan fingerprint density at radius 1 is 0.750 bits per heavy atom. The summed E-state index contributed by atoms with van der Waals surface area (Å²) in [5, 5.41) is 14.3. The van der Waals surface area contributed by atoms with Gasteiger partial charge in [0.25, 0.3) is 0 Å². The molecule has 2 rings (SSSR count). The summed E-state index contributed by atoms with van der Waals surface area (Å²) in [7, 11) is 0. The largest absolute Gasteiger partial charge is 0.354 e. The van der Waals surface area contributed by atoms with Crippen LogP contribution in [0.3, 0.4) is 0 Å². The van der Waals surface area contributed by atoms with Crippen molar-refractivity contribution in [2.24, 2.45) is 0 Å². The number of hydroxylamine groups is 1. The van der Waals surface area contributed by atoms with Crippen molar-refractivity contribution in [1.82, 2.24) is 16.1 Å². The van der Waals surface area contributed by atoms with Crippen molar-refractivity contribution in [2.75, 3.05) is 6.54 Å². The lowest BCUT2D eigenvalue weighted by Crippen LogP contribution is -2.48. The van der Waals surface area contributed by atoms with E-state index < -0.39 is 11.9 Å². The molecule has 1 atom stereocenters. The first-order chi connectivity index (χ1) is 15.6. The van der Waals surface area contributed by atoms with E-state index in [1.807, 2.05) is 60.7 Å². The Kier molecular flexibility index (Phi) is 11.6. The van der Waals surface area contributed by atoms with Crippen LogP contribution in [0, 0.1) is 0 Å². The number of hydrogen-bond acceptors (Lipinski definition) is 4. The number of amides is 3. The highest BCUT2D eigenvalue weighted by Gasteiger charge is 2.20. The zero-order valence-electron chi connectivity index (χ0n) is 18.4. The van der Waals surface area contributed by atoms with Gasteiger partial charge in [-0.15, -0.1) is 0 Å². The minimum Gasteiger partial charge on any atom is -0.354 e. The molecule has 2 aromatic rings. The van der Waals surface area contributed by atoms with Crippen LogP contribution < -0.4 is 16.1 Å². The molecule has 0 aliphatic heterocycles. The Hall–Kier alpha value is -3.19. The van der Waals surface area contributed by atoms with Crippen LogP contribution in [0.1, 0.15) is 49.7 Å². The van der Waals surface area contributed by atoms with Crippen LogP contribution in [0.15, 0.2) is 60.7 Å². The Morgan fingerprint density at radius 3 is 1.91 bits per heavy atom. The summed E-state index contributed by atoms with van der Waals surface area (Å²) < 4.78 is 0. The molecule has 32 heavy (non-hydrogen) atoms. The van der Waals surface area contributed by atoms with Crippen LogP contribution in [0.5, 0.6) is 0 Å². The van der Waals surface area contributed by atoms with Gasteiger partial charge in [-0.2, -0.15) is 0 Å². The van der Waals surface area contributed by atoms with E-state index in [2.05, 4.69) is 10.6 Å². The molecule has 0 bridgehead atoms. The van der Waals surface area contributed by atoms with Crippen LogP contribution in [0.4, 0.5) is 0 Å². The van der Waals surface area contributed by atoms with Gasteiger partial charge in [0, 0.05) is 25.8 Å². The lowest BCUT2D eigenvalue weighted by molar-refractivity contribution is -0.129. The molecule has 0 aromatic heterocycles. The second kappa shape index (κ2) is 14.8. The van der Waals surface area contributed by atoms with E-state index in [9.17, 15) is 14.4 Å². The average Bonchev–Trinajstić information content (AvgIpc) is 2.82. The SMILES string of the molecule is O=C(CCCCCCC(=O)N[C@H](Cc1ccccc1)C(=O)NCCc1ccccc1)NO. The number of hydrogen-bond donors (Lipinski definition) is 4. The summed E-state index contributed by atoms with van der Waals surface area (Å²) >= 11 is 0. The summed E-state index contributed by atoms with van der Waals surface area (Å²) in [6, 6.07) is 18.9. The van der Waals surface area contributed by atoms with E-state index in [1.165, 1.54) is 0 Å². The first kappa shape index (κ1) is 25.1. The van der Waals surface area contributed by atoms with Crippen molar-refractivity contribution < 1.29 is 19.6 Å². The first-order valence-corrected chi connectivity index (χ1v) is 11.2. The maximum absolute atomic E-state index is 12.8. The molecule has 7 nitrogen and oxygen atoms in total. The Labute approximate surface area is 189 Å². The zero-order valence-corrected chi connectivity index (χ0v) is 18.4. The van der Waals surface area contributed by atoms with Gasteiger partial charge in [-0.05, 0) is 30.4 Å². The van der Waals surface area contributed by atoms with E-state index in [0.717, 1.165) is 30.4 Å². The van der Waals surface area contributed by atoms with Gasteiger partial charge in [0.2, 0.25) is 17.7 Å². The van der Waals surface area contributed by atoms with Crippen LogP contribution >= 0.6 is 0 Å². The molecule has 0 aliphatic rings. The fraction of sp³-hybridized carbons (Fsp3) is 0.400. The van der Waals surface area contributed by atoms with Crippen LogP contribution in [-0.4, -0.2) is 35.5 Å². The van der Waals surface area contributed by atoms with E-state index in [-0.39, 0.29) is 18.2 Å². The molecule has 0 aliphatic carbocycles. The van der Waals surface area contributed by atoms with Crippen molar-refractivity contribution in [3.63, 3.8) is 0 Å². The quantitative estimate of drug-likeness (QED) is 0.206. The van der Waals surface area contributed by atoms with Gasteiger partial charge in [-0.25, -0.2) is 5.48 Å². The van der Waals surface area contributed by atoms with E-state index in [1.54, 1.807) is 5.48 Å². The molecule has 0 heterocycles. The smallest absolute Gasteiger partial charge is 0.243 e. The highest BCUT2D eigenvalue weighted by Crippen LogP contribution is 2.08. The van der Waals surface area contributed by atoms with Gasteiger partial charge in [-0.1, -0.05) is 73.5 Å². The van der Waals surface area contributed by atoms with Crippen LogP contribution in [0.25, 0.3) is 0 Å². The number of rotatable bonds is 14. The Morgan fingerprint density at radius 2 is 1.31 bits per heavy atom. The van der Waals surface area contributed by atoms with E-state index in [0.29, 0.717) is 32.2 Å². The predicted molar refractivity (Wildman–Crippen MR) is 123 cm³/mol. The second-order valence-electron chi connectivity index (χ2n) is 7.79. The fourth-order valence-corrected chi connectivity index (χ4v) is 3.40. The predicted octanol–water partition coefficient (Wildman–Crippen LogP) is 2.92.